The SMILES string of the molecule is C=C(C)C[C@@H](N)c1ccc(F)c(C#N)c1O. The summed E-state index contributed by atoms with van der Waals surface area (Å²) in [5.41, 5.74) is 6.67. The van der Waals surface area contributed by atoms with Crippen molar-refractivity contribution < 1.29 is 9.50 Å². The van der Waals surface area contributed by atoms with E-state index in [4.69, 9.17) is 11.0 Å². The Morgan fingerprint density at radius 3 is 2.81 bits per heavy atom. The van der Waals surface area contributed by atoms with E-state index in [1.165, 1.54) is 6.07 Å². The minimum Gasteiger partial charge on any atom is -0.506 e. The Morgan fingerprint density at radius 2 is 2.31 bits per heavy atom. The highest BCUT2D eigenvalue weighted by molar-refractivity contribution is 5.49. The van der Waals surface area contributed by atoms with Crippen LogP contribution in [0.5, 0.6) is 5.75 Å². The summed E-state index contributed by atoms with van der Waals surface area (Å²) in [6, 6.07) is 3.65. The second-order valence-electron chi connectivity index (χ2n) is 3.74. The second kappa shape index (κ2) is 4.77. The molecule has 0 aliphatic carbocycles. The molecule has 4 heteroatoms. The zero-order valence-electron chi connectivity index (χ0n) is 9.00. The monoisotopic (exact) mass is 220 g/mol. The van der Waals surface area contributed by atoms with E-state index in [2.05, 4.69) is 6.58 Å². The quantitative estimate of drug-likeness (QED) is 0.768. The largest absolute Gasteiger partial charge is 0.506 e. The van der Waals surface area contributed by atoms with Crippen molar-refractivity contribution in [3.8, 4) is 11.8 Å². The minimum atomic E-state index is -0.744. The fraction of sp³-hybridized carbons (Fsp3) is 0.250. The van der Waals surface area contributed by atoms with Crippen molar-refractivity contribution >= 4 is 0 Å². The Morgan fingerprint density at radius 1 is 1.69 bits per heavy atom. The standard InChI is InChI=1S/C12H13FN2O/c1-7(2)5-11(15)8-3-4-10(13)9(6-14)12(8)16/h3-4,11,16H,1,5,15H2,2H3/t11-/m1/s1. The van der Waals surface area contributed by atoms with Crippen LogP contribution >= 0.6 is 0 Å². The Bertz CT molecular complexity index is 463. The number of benzene rings is 1. The number of nitrogens with zero attached hydrogens (tertiary/aromatic N) is 1. The van der Waals surface area contributed by atoms with E-state index >= 15 is 0 Å². The van der Waals surface area contributed by atoms with Gasteiger partial charge in [0.25, 0.3) is 0 Å². The highest BCUT2D eigenvalue weighted by atomic mass is 19.1. The van der Waals surface area contributed by atoms with Crippen LogP contribution in [0.25, 0.3) is 0 Å². The molecule has 0 amide bonds. The summed E-state index contributed by atoms with van der Waals surface area (Å²) in [4.78, 5) is 0. The average molecular weight is 220 g/mol. The van der Waals surface area contributed by atoms with Crippen molar-refractivity contribution in [1.29, 1.82) is 5.26 Å². The number of hydrogen-bond acceptors (Lipinski definition) is 3. The number of nitrogens with two attached hydrogens (primary N) is 1. The maximum atomic E-state index is 13.1. The Labute approximate surface area is 93.6 Å². The van der Waals surface area contributed by atoms with Crippen LogP contribution < -0.4 is 5.73 Å². The lowest BCUT2D eigenvalue weighted by Gasteiger charge is -2.14. The number of hydrogen-bond donors (Lipinski definition) is 2. The highest BCUT2D eigenvalue weighted by Crippen LogP contribution is 2.30. The Balaban J connectivity index is 3.17. The molecular weight excluding hydrogens is 207 g/mol. The van der Waals surface area contributed by atoms with Crippen LogP contribution in [0, 0.1) is 17.1 Å². The number of aromatic hydroxyl groups is 1. The van der Waals surface area contributed by atoms with Gasteiger partial charge in [0.15, 0.2) is 0 Å². The normalized spacial score (nSPS) is 11.9. The van der Waals surface area contributed by atoms with Gasteiger partial charge in [0.1, 0.15) is 23.2 Å². The molecule has 3 nitrogen and oxygen atoms in total. The third kappa shape index (κ3) is 2.38. The topological polar surface area (TPSA) is 70.0 Å². The third-order valence-electron chi connectivity index (χ3n) is 2.24. The van der Waals surface area contributed by atoms with Crippen molar-refractivity contribution in [2.24, 2.45) is 5.73 Å². The predicted molar refractivity (Wildman–Crippen MR) is 59.1 cm³/mol. The van der Waals surface area contributed by atoms with Gasteiger partial charge in [-0.15, -0.1) is 6.58 Å². The summed E-state index contributed by atoms with van der Waals surface area (Å²) >= 11 is 0. The van der Waals surface area contributed by atoms with Gasteiger partial charge in [-0.1, -0.05) is 11.6 Å². The van der Waals surface area contributed by atoms with E-state index in [-0.39, 0.29) is 11.3 Å². The summed E-state index contributed by atoms with van der Waals surface area (Å²) in [7, 11) is 0. The molecule has 16 heavy (non-hydrogen) atoms. The number of phenolic OH excluding ortho intramolecular Hbond substituents is 1. The fourth-order valence-electron chi connectivity index (χ4n) is 1.47. The van der Waals surface area contributed by atoms with Crippen molar-refractivity contribution in [3.63, 3.8) is 0 Å². The average Bonchev–Trinajstić information content (AvgIpc) is 2.17. The van der Waals surface area contributed by atoms with Crippen molar-refractivity contribution in [2.75, 3.05) is 0 Å². The number of rotatable bonds is 3. The Kier molecular flexibility index (Phi) is 3.64. The summed E-state index contributed by atoms with van der Waals surface area (Å²) in [6.07, 6.45) is 0.476. The van der Waals surface area contributed by atoms with Gasteiger partial charge >= 0.3 is 0 Å². The van der Waals surface area contributed by atoms with Gasteiger partial charge in [0.05, 0.1) is 0 Å². The number of nitriles is 1. The van der Waals surface area contributed by atoms with E-state index in [1.807, 2.05) is 6.92 Å². The lowest BCUT2D eigenvalue weighted by Crippen LogP contribution is -2.11. The second-order valence-corrected chi connectivity index (χ2v) is 3.74. The first-order valence-corrected chi connectivity index (χ1v) is 4.78. The smallest absolute Gasteiger partial charge is 0.144 e. The van der Waals surface area contributed by atoms with Gasteiger partial charge in [0.2, 0.25) is 0 Å². The first-order valence-electron chi connectivity index (χ1n) is 4.78. The van der Waals surface area contributed by atoms with Crippen LogP contribution in [0.1, 0.15) is 30.5 Å². The van der Waals surface area contributed by atoms with Gasteiger partial charge in [-0.2, -0.15) is 5.26 Å². The zero-order chi connectivity index (χ0) is 12.3. The van der Waals surface area contributed by atoms with E-state index in [1.54, 1.807) is 6.07 Å². The van der Waals surface area contributed by atoms with Crippen LogP contribution in [-0.4, -0.2) is 5.11 Å². The summed E-state index contributed by atoms with van der Waals surface area (Å²) in [5.74, 6) is -1.12. The van der Waals surface area contributed by atoms with Crippen molar-refractivity contribution in [3.05, 3.63) is 41.2 Å². The molecule has 0 aliphatic rings. The fourth-order valence-corrected chi connectivity index (χ4v) is 1.47. The first kappa shape index (κ1) is 12.2. The zero-order valence-corrected chi connectivity index (χ0v) is 9.00. The molecule has 0 unspecified atom stereocenters. The molecule has 1 rings (SSSR count). The number of phenols is 1. The van der Waals surface area contributed by atoms with Gasteiger partial charge in [-0.3, -0.25) is 0 Å². The van der Waals surface area contributed by atoms with E-state index in [0.29, 0.717) is 12.0 Å². The van der Waals surface area contributed by atoms with Crippen LogP contribution in [0.4, 0.5) is 4.39 Å². The molecule has 1 atom stereocenters. The van der Waals surface area contributed by atoms with Crippen LogP contribution in [0.3, 0.4) is 0 Å². The summed E-state index contributed by atoms with van der Waals surface area (Å²) < 4.78 is 13.1. The molecule has 0 aliphatic heterocycles. The lowest BCUT2D eigenvalue weighted by molar-refractivity contribution is 0.452. The predicted octanol–water partition coefficient (Wildman–Crippen LogP) is 2.37. The van der Waals surface area contributed by atoms with Gasteiger partial charge in [0, 0.05) is 11.6 Å². The van der Waals surface area contributed by atoms with Crippen LogP contribution in [0.2, 0.25) is 0 Å². The molecule has 84 valence electrons. The molecule has 0 radical (unpaired) electrons. The van der Waals surface area contributed by atoms with Crippen molar-refractivity contribution in [2.45, 2.75) is 19.4 Å². The van der Waals surface area contributed by atoms with Crippen LogP contribution in [0.15, 0.2) is 24.3 Å². The maximum Gasteiger partial charge on any atom is 0.144 e. The molecule has 0 bridgehead atoms. The highest BCUT2D eigenvalue weighted by Gasteiger charge is 2.17. The lowest BCUT2D eigenvalue weighted by atomic mass is 9.98. The molecule has 0 heterocycles. The molecule has 0 spiro atoms. The molecular formula is C12H13FN2O. The molecule has 3 N–H and O–H groups in total. The van der Waals surface area contributed by atoms with Crippen LogP contribution in [-0.2, 0) is 0 Å². The van der Waals surface area contributed by atoms with Gasteiger partial charge in [-0.05, 0) is 19.4 Å². The molecule has 1 aromatic carbocycles. The molecule has 0 fully saturated rings. The van der Waals surface area contributed by atoms with Gasteiger partial charge < -0.3 is 10.8 Å². The maximum absolute atomic E-state index is 13.1. The molecule has 0 saturated carbocycles. The van der Waals surface area contributed by atoms with E-state index in [9.17, 15) is 9.50 Å². The molecule has 0 saturated heterocycles. The Hall–Kier alpha value is -1.86. The minimum absolute atomic E-state index is 0.362. The first-order chi connectivity index (χ1) is 7.47. The number of halogens is 1. The summed E-state index contributed by atoms with van der Waals surface area (Å²) in [6.45, 7) is 5.52. The van der Waals surface area contributed by atoms with E-state index in [0.717, 1.165) is 11.6 Å². The van der Waals surface area contributed by atoms with Crippen molar-refractivity contribution in [1.82, 2.24) is 0 Å². The van der Waals surface area contributed by atoms with Gasteiger partial charge in [-0.25, -0.2) is 4.39 Å². The summed E-state index contributed by atoms with van der Waals surface area (Å²) in [5, 5.41) is 18.4. The van der Waals surface area contributed by atoms with E-state index < -0.39 is 11.9 Å². The molecule has 1 aromatic rings. The molecule has 0 aromatic heterocycles. The third-order valence-corrected chi connectivity index (χ3v) is 2.24.